The van der Waals surface area contributed by atoms with Gasteiger partial charge in [0.15, 0.2) is 0 Å². The Bertz CT molecular complexity index is 1010. The summed E-state index contributed by atoms with van der Waals surface area (Å²) in [6.07, 6.45) is 1.68. The van der Waals surface area contributed by atoms with Gasteiger partial charge in [-0.15, -0.1) is 0 Å². The van der Waals surface area contributed by atoms with E-state index >= 15 is 0 Å². The van der Waals surface area contributed by atoms with Crippen LogP contribution < -0.4 is 10.1 Å². The number of fused-ring (bicyclic) bond motifs is 1. The van der Waals surface area contributed by atoms with E-state index in [4.69, 9.17) is 4.74 Å². The van der Waals surface area contributed by atoms with E-state index in [0.29, 0.717) is 11.8 Å². The van der Waals surface area contributed by atoms with Crippen molar-refractivity contribution in [1.29, 1.82) is 0 Å². The first kappa shape index (κ1) is 15.1. The standard InChI is InChI=1S/C21H17N3O/c1-15-9-11-17(12-10-15)23-21-22-14-13-20(24-21)25-19-8-4-6-16-5-2-3-7-18(16)19/h2-14H,1H3,(H,22,23,24). The normalized spacial score (nSPS) is 10.6. The average Bonchev–Trinajstić information content (AvgIpc) is 2.64. The minimum atomic E-state index is 0.501. The molecule has 25 heavy (non-hydrogen) atoms. The molecule has 1 heterocycles. The second-order valence-corrected chi connectivity index (χ2v) is 5.79. The van der Waals surface area contributed by atoms with Crippen LogP contribution in [0.5, 0.6) is 11.6 Å². The van der Waals surface area contributed by atoms with Gasteiger partial charge in [-0.3, -0.25) is 0 Å². The summed E-state index contributed by atoms with van der Waals surface area (Å²) >= 11 is 0. The summed E-state index contributed by atoms with van der Waals surface area (Å²) in [6, 6.07) is 23.9. The van der Waals surface area contributed by atoms with Gasteiger partial charge < -0.3 is 10.1 Å². The number of hydrogen-bond acceptors (Lipinski definition) is 4. The Balaban J connectivity index is 1.60. The number of hydrogen-bond donors (Lipinski definition) is 1. The van der Waals surface area contributed by atoms with Gasteiger partial charge in [0.25, 0.3) is 0 Å². The second-order valence-electron chi connectivity index (χ2n) is 5.79. The molecule has 0 saturated carbocycles. The first-order valence-corrected chi connectivity index (χ1v) is 8.10. The predicted molar refractivity (Wildman–Crippen MR) is 101 cm³/mol. The van der Waals surface area contributed by atoms with Crippen LogP contribution >= 0.6 is 0 Å². The quantitative estimate of drug-likeness (QED) is 0.539. The largest absolute Gasteiger partial charge is 0.438 e. The minimum Gasteiger partial charge on any atom is -0.438 e. The molecule has 0 aliphatic rings. The zero-order valence-electron chi connectivity index (χ0n) is 13.8. The molecule has 0 atom stereocenters. The van der Waals surface area contributed by atoms with Crippen molar-refractivity contribution in [1.82, 2.24) is 9.97 Å². The molecule has 4 aromatic rings. The zero-order chi connectivity index (χ0) is 17.1. The number of ether oxygens (including phenoxy) is 1. The monoisotopic (exact) mass is 327 g/mol. The molecule has 0 spiro atoms. The van der Waals surface area contributed by atoms with E-state index in [2.05, 4.69) is 34.3 Å². The van der Waals surface area contributed by atoms with Gasteiger partial charge in [0.1, 0.15) is 5.75 Å². The maximum atomic E-state index is 6.00. The Morgan fingerprint density at radius 1 is 0.840 bits per heavy atom. The van der Waals surface area contributed by atoms with Crippen molar-refractivity contribution in [3.8, 4) is 11.6 Å². The molecule has 122 valence electrons. The maximum absolute atomic E-state index is 6.00. The Morgan fingerprint density at radius 2 is 1.64 bits per heavy atom. The molecule has 0 aliphatic heterocycles. The lowest BCUT2D eigenvalue weighted by atomic mass is 10.1. The third-order valence-electron chi connectivity index (χ3n) is 3.90. The fourth-order valence-corrected chi connectivity index (χ4v) is 2.62. The number of benzene rings is 3. The van der Waals surface area contributed by atoms with Gasteiger partial charge in [-0.1, -0.05) is 54.1 Å². The van der Waals surface area contributed by atoms with E-state index in [0.717, 1.165) is 22.2 Å². The number of rotatable bonds is 4. The van der Waals surface area contributed by atoms with Crippen LogP contribution in [0.15, 0.2) is 79.0 Å². The van der Waals surface area contributed by atoms with E-state index in [1.54, 1.807) is 12.3 Å². The van der Waals surface area contributed by atoms with Gasteiger partial charge in [-0.2, -0.15) is 4.98 Å². The Morgan fingerprint density at radius 3 is 2.52 bits per heavy atom. The van der Waals surface area contributed by atoms with Crippen LogP contribution in [0.25, 0.3) is 10.8 Å². The summed E-state index contributed by atoms with van der Waals surface area (Å²) in [5.41, 5.74) is 2.15. The number of nitrogens with zero attached hydrogens (tertiary/aromatic N) is 2. The van der Waals surface area contributed by atoms with Gasteiger partial charge in [-0.25, -0.2) is 4.98 Å². The van der Waals surface area contributed by atoms with Crippen LogP contribution in [-0.2, 0) is 0 Å². The van der Waals surface area contributed by atoms with Crippen molar-refractivity contribution < 1.29 is 4.74 Å². The van der Waals surface area contributed by atoms with Crippen LogP contribution in [-0.4, -0.2) is 9.97 Å². The van der Waals surface area contributed by atoms with Crippen molar-refractivity contribution in [2.45, 2.75) is 6.92 Å². The Kier molecular flexibility index (Phi) is 4.01. The molecule has 0 fully saturated rings. The summed E-state index contributed by atoms with van der Waals surface area (Å²) in [6.45, 7) is 2.05. The lowest BCUT2D eigenvalue weighted by Gasteiger charge is -2.10. The van der Waals surface area contributed by atoms with Crippen LogP contribution in [0, 0.1) is 6.92 Å². The summed E-state index contributed by atoms with van der Waals surface area (Å²) in [5.74, 6) is 1.78. The molecule has 4 rings (SSSR count). The molecule has 0 unspecified atom stereocenters. The number of nitrogens with one attached hydrogen (secondary N) is 1. The van der Waals surface area contributed by atoms with Crippen molar-refractivity contribution in [3.63, 3.8) is 0 Å². The molecule has 0 saturated heterocycles. The molecule has 1 aromatic heterocycles. The second kappa shape index (κ2) is 6.61. The smallest absolute Gasteiger partial charge is 0.230 e. The molecule has 0 aliphatic carbocycles. The molecule has 4 heteroatoms. The maximum Gasteiger partial charge on any atom is 0.230 e. The summed E-state index contributed by atoms with van der Waals surface area (Å²) in [5, 5.41) is 5.38. The molecule has 0 bridgehead atoms. The van der Waals surface area contributed by atoms with Gasteiger partial charge >= 0.3 is 0 Å². The highest BCUT2D eigenvalue weighted by atomic mass is 16.5. The molecule has 0 amide bonds. The van der Waals surface area contributed by atoms with Crippen molar-refractivity contribution >= 4 is 22.4 Å². The van der Waals surface area contributed by atoms with Crippen LogP contribution in [0.3, 0.4) is 0 Å². The van der Waals surface area contributed by atoms with Gasteiger partial charge in [0.05, 0.1) is 0 Å². The summed E-state index contributed by atoms with van der Waals surface area (Å²) in [4.78, 5) is 8.71. The summed E-state index contributed by atoms with van der Waals surface area (Å²) in [7, 11) is 0. The van der Waals surface area contributed by atoms with Crippen molar-refractivity contribution in [3.05, 3.63) is 84.6 Å². The lowest BCUT2D eigenvalue weighted by molar-refractivity contribution is 0.468. The Hall–Kier alpha value is -3.40. The third-order valence-corrected chi connectivity index (χ3v) is 3.90. The summed E-state index contributed by atoms with van der Waals surface area (Å²) < 4.78 is 6.00. The van der Waals surface area contributed by atoms with E-state index in [1.807, 2.05) is 54.6 Å². The SMILES string of the molecule is Cc1ccc(Nc2nccc(Oc3cccc4ccccc34)n2)cc1. The topological polar surface area (TPSA) is 47.0 Å². The highest BCUT2D eigenvalue weighted by Crippen LogP contribution is 2.29. The predicted octanol–water partition coefficient (Wildman–Crippen LogP) is 5.47. The van der Waals surface area contributed by atoms with E-state index in [1.165, 1.54) is 5.56 Å². The van der Waals surface area contributed by atoms with Gasteiger partial charge in [0, 0.05) is 23.3 Å². The molecular formula is C21H17N3O. The first-order chi connectivity index (χ1) is 12.3. The van der Waals surface area contributed by atoms with Gasteiger partial charge in [-0.05, 0) is 30.5 Å². The lowest BCUT2D eigenvalue weighted by Crippen LogP contribution is -1.98. The van der Waals surface area contributed by atoms with Crippen LogP contribution in [0.2, 0.25) is 0 Å². The van der Waals surface area contributed by atoms with E-state index in [-0.39, 0.29) is 0 Å². The molecular weight excluding hydrogens is 310 g/mol. The molecule has 1 N–H and O–H groups in total. The van der Waals surface area contributed by atoms with E-state index in [9.17, 15) is 0 Å². The number of aryl methyl sites for hydroxylation is 1. The average molecular weight is 327 g/mol. The molecule has 3 aromatic carbocycles. The first-order valence-electron chi connectivity index (χ1n) is 8.10. The highest BCUT2D eigenvalue weighted by Gasteiger charge is 2.06. The Labute approximate surface area is 146 Å². The number of aromatic nitrogens is 2. The minimum absolute atomic E-state index is 0.501. The molecule has 4 nitrogen and oxygen atoms in total. The third kappa shape index (κ3) is 3.43. The fourth-order valence-electron chi connectivity index (χ4n) is 2.62. The van der Waals surface area contributed by atoms with Crippen LogP contribution in [0.4, 0.5) is 11.6 Å². The van der Waals surface area contributed by atoms with Crippen molar-refractivity contribution in [2.75, 3.05) is 5.32 Å². The van der Waals surface area contributed by atoms with Crippen LogP contribution in [0.1, 0.15) is 5.56 Å². The highest BCUT2D eigenvalue weighted by molar-refractivity contribution is 5.88. The van der Waals surface area contributed by atoms with Gasteiger partial charge in [0.2, 0.25) is 11.8 Å². The zero-order valence-corrected chi connectivity index (χ0v) is 13.8. The van der Waals surface area contributed by atoms with Crippen molar-refractivity contribution in [2.24, 2.45) is 0 Å². The number of anilines is 2. The van der Waals surface area contributed by atoms with E-state index < -0.39 is 0 Å². The fraction of sp³-hybridized carbons (Fsp3) is 0.0476. The molecule has 0 radical (unpaired) electrons.